The van der Waals surface area contributed by atoms with Crippen LogP contribution in [0.1, 0.15) is 60.9 Å². The van der Waals surface area contributed by atoms with Crippen molar-refractivity contribution in [1.82, 2.24) is 14.4 Å². The predicted molar refractivity (Wildman–Crippen MR) is 137 cm³/mol. The van der Waals surface area contributed by atoms with Gasteiger partial charge in [-0.3, -0.25) is 14.5 Å². The van der Waals surface area contributed by atoms with Crippen LogP contribution in [0.25, 0.3) is 0 Å². The highest BCUT2D eigenvalue weighted by molar-refractivity contribution is 5.93. The summed E-state index contributed by atoms with van der Waals surface area (Å²) in [6.07, 6.45) is 6.27. The van der Waals surface area contributed by atoms with Gasteiger partial charge in [0.2, 0.25) is 11.8 Å². The van der Waals surface area contributed by atoms with E-state index in [1.807, 2.05) is 48.7 Å². The third kappa shape index (κ3) is 5.94. The molecule has 0 spiro atoms. The van der Waals surface area contributed by atoms with Gasteiger partial charge in [0.05, 0.1) is 12.1 Å². The normalized spacial score (nSPS) is 17.6. The van der Waals surface area contributed by atoms with Crippen molar-refractivity contribution in [2.45, 2.75) is 58.9 Å². The van der Waals surface area contributed by atoms with Crippen LogP contribution >= 0.6 is 0 Å². The largest absolute Gasteiger partial charge is 0.342 e. The van der Waals surface area contributed by atoms with Crippen molar-refractivity contribution in [2.75, 3.05) is 38.0 Å². The summed E-state index contributed by atoms with van der Waals surface area (Å²) in [7, 11) is 0. The second kappa shape index (κ2) is 11.5. The number of piperidine rings is 1. The molecule has 7 nitrogen and oxygen atoms in total. The molecule has 1 aromatic heterocycles. The lowest BCUT2D eigenvalue weighted by Crippen LogP contribution is -2.44. The summed E-state index contributed by atoms with van der Waals surface area (Å²) in [6.45, 7) is 8.04. The van der Waals surface area contributed by atoms with Crippen LogP contribution < -0.4 is 5.32 Å². The molecular formula is C28H37N5O2. The van der Waals surface area contributed by atoms with Crippen molar-refractivity contribution < 1.29 is 9.59 Å². The standard InChI is InChI=1S/C28H37N5O2/c1-21-22(2)33(19-23-10-6-5-7-11-23)27(25(21)18-29)30-26(34)20-31-16-12-24(13-17-31)28(35)32-14-8-3-4-9-15-32/h5-7,10-11,24H,3-4,8-9,12-17,19-20H2,1-2H3,(H,30,34). The fourth-order valence-corrected chi connectivity index (χ4v) is 5.36. The first-order valence-electron chi connectivity index (χ1n) is 12.9. The maximum Gasteiger partial charge on any atom is 0.239 e. The van der Waals surface area contributed by atoms with E-state index in [0.717, 1.165) is 68.7 Å². The third-order valence-corrected chi connectivity index (χ3v) is 7.60. The number of hydrogen-bond donors (Lipinski definition) is 1. The van der Waals surface area contributed by atoms with Gasteiger partial charge in [-0.1, -0.05) is 43.2 Å². The zero-order chi connectivity index (χ0) is 24.8. The van der Waals surface area contributed by atoms with Crippen LogP contribution in [0.15, 0.2) is 30.3 Å². The Balaban J connectivity index is 1.36. The second-order valence-corrected chi connectivity index (χ2v) is 9.96. The molecule has 2 amide bonds. The summed E-state index contributed by atoms with van der Waals surface area (Å²) in [6, 6.07) is 12.3. The number of nitrogens with one attached hydrogen (secondary N) is 1. The molecule has 2 aromatic rings. The Morgan fingerprint density at radius 2 is 1.66 bits per heavy atom. The van der Waals surface area contributed by atoms with Crippen LogP contribution in [0.3, 0.4) is 0 Å². The molecule has 3 heterocycles. The van der Waals surface area contributed by atoms with Gasteiger partial charge in [-0.15, -0.1) is 0 Å². The Hall–Kier alpha value is -3.11. The first kappa shape index (κ1) is 25.0. The average Bonchev–Trinajstić information content (AvgIpc) is 3.06. The fourth-order valence-electron chi connectivity index (χ4n) is 5.36. The zero-order valence-corrected chi connectivity index (χ0v) is 21.1. The van der Waals surface area contributed by atoms with E-state index in [-0.39, 0.29) is 18.4 Å². The summed E-state index contributed by atoms with van der Waals surface area (Å²) >= 11 is 0. The van der Waals surface area contributed by atoms with Crippen LogP contribution in [-0.4, -0.2) is 58.9 Å². The molecule has 0 radical (unpaired) electrons. The van der Waals surface area contributed by atoms with Gasteiger partial charge in [0, 0.05) is 31.2 Å². The highest BCUT2D eigenvalue weighted by Gasteiger charge is 2.30. The van der Waals surface area contributed by atoms with E-state index in [1.165, 1.54) is 12.8 Å². The van der Waals surface area contributed by atoms with Crippen LogP contribution in [-0.2, 0) is 16.1 Å². The number of anilines is 1. The number of nitrogens with zero attached hydrogens (tertiary/aromatic N) is 4. The van der Waals surface area contributed by atoms with Gasteiger partial charge in [0.25, 0.3) is 0 Å². The van der Waals surface area contributed by atoms with Crippen molar-refractivity contribution in [1.29, 1.82) is 5.26 Å². The van der Waals surface area contributed by atoms with Gasteiger partial charge in [0.1, 0.15) is 11.9 Å². The maximum absolute atomic E-state index is 13.0. The lowest BCUT2D eigenvalue weighted by molar-refractivity contribution is -0.137. The number of amides is 2. The molecule has 1 N–H and O–H groups in total. The highest BCUT2D eigenvalue weighted by atomic mass is 16.2. The van der Waals surface area contributed by atoms with Crippen molar-refractivity contribution >= 4 is 17.6 Å². The van der Waals surface area contributed by atoms with Crippen molar-refractivity contribution in [2.24, 2.45) is 5.92 Å². The number of likely N-dealkylation sites (tertiary alicyclic amines) is 2. The topological polar surface area (TPSA) is 81.4 Å². The van der Waals surface area contributed by atoms with E-state index in [0.29, 0.717) is 23.8 Å². The number of nitriles is 1. The van der Waals surface area contributed by atoms with E-state index < -0.39 is 0 Å². The van der Waals surface area contributed by atoms with Gasteiger partial charge in [-0.05, 0) is 63.7 Å². The lowest BCUT2D eigenvalue weighted by Gasteiger charge is -2.33. The zero-order valence-electron chi connectivity index (χ0n) is 21.1. The molecular weight excluding hydrogens is 438 g/mol. The van der Waals surface area contributed by atoms with E-state index in [9.17, 15) is 14.9 Å². The second-order valence-electron chi connectivity index (χ2n) is 9.96. The van der Waals surface area contributed by atoms with E-state index in [1.54, 1.807) is 0 Å². The first-order chi connectivity index (χ1) is 17.0. The summed E-state index contributed by atoms with van der Waals surface area (Å²) in [4.78, 5) is 30.2. The molecule has 4 rings (SSSR count). The van der Waals surface area contributed by atoms with Gasteiger partial charge < -0.3 is 14.8 Å². The number of carbonyl (C=O) groups is 2. The van der Waals surface area contributed by atoms with Gasteiger partial charge in [0.15, 0.2) is 0 Å². The molecule has 2 aliphatic heterocycles. The Bertz CT molecular complexity index is 1070. The Morgan fingerprint density at radius 3 is 2.29 bits per heavy atom. The Labute approximate surface area is 208 Å². The molecule has 0 saturated carbocycles. The van der Waals surface area contributed by atoms with Crippen molar-refractivity contribution in [3.8, 4) is 6.07 Å². The summed E-state index contributed by atoms with van der Waals surface area (Å²) < 4.78 is 2.02. The molecule has 7 heteroatoms. The molecule has 0 aliphatic carbocycles. The minimum Gasteiger partial charge on any atom is -0.342 e. The summed E-state index contributed by atoms with van der Waals surface area (Å²) in [5.41, 5.74) is 3.51. The van der Waals surface area contributed by atoms with Crippen LogP contribution in [0, 0.1) is 31.1 Å². The monoisotopic (exact) mass is 475 g/mol. The molecule has 186 valence electrons. The minimum absolute atomic E-state index is 0.0750. The van der Waals surface area contributed by atoms with Gasteiger partial charge in [-0.25, -0.2) is 0 Å². The molecule has 2 saturated heterocycles. The van der Waals surface area contributed by atoms with Crippen LogP contribution in [0.2, 0.25) is 0 Å². The highest BCUT2D eigenvalue weighted by Crippen LogP contribution is 2.28. The average molecular weight is 476 g/mol. The Kier molecular flexibility index (Phi) is 8.25. The fraction of sp³-hybridized carbons (Fsp3) is 0.536. The van der Waals surface area contributed by atoms with E-state index >= 15 is 0 Å². The first-order valence-corrected chi connectivity index (χ1v) is 12.9. The van der Waals surface area contributed by atoms with E-state index in [2.05, 4.69) is 21.2 Å². The van der Waals surface area contributed by atoms with Crippen molar-refractivity contribution in [3.63, 3.8) is 0 Å². The smallest absolute Gasteiger partial charge is 0.239 e. The van der Waals surface area contributed by atoms with Gasteiger partial charge in [-0.2, -0.15) is 5.26 Å². The number of carbonyl (C=O) groups excluding carboxylic acids is 2. The molecule has 0 atom stereocenters. The van der Waals surface area contributed by atoms with E-state index in [4.69, 9.17) is 0 Å². The predicted octanol–water partition coefficient (Wildman–Crippen LogP) is 4.08. The molecule has 1 aromatic carbocycles. The summed E-state index contributed by atoms with van der Waals surface area (Å²) in [5.74, 6) is 0.832. The van der Waals surface area contributed by atoms with Crippen LogP contribution in [0.5, 0.6) is 0 Å². The minimum atomic E-state index is -0.120. The molecule has 0 unspecified atom stereocenters. The van der Waals surface area contributed by atoms with Gasteiger partial charge >= 0.3 is 0 Å². The van der Waals surface area contributed by atoms with Crippen molar-refractivity contribution in [3.05, 3.63) is 52.7 Å². The quantitative estimate of drug-likeness (QED) is 0.683. The molecule has 2 aliphatic rings. The maximum atomic E-state index is 13.0. The molecule has 0 bridgehead atoms. The Morgan fingerprint density at radius 1 is 1.00 bits per heavy atom. The number of aromatic nitrogens is 1. The summed E-state index contributed by atoms with van der Waals surface area (Å²) in [5, 5.41) is 12.8. The number of benzene rings is 1. The third-order valence-electron chi connectivity index (χ3n) is 7.60. The molecule has 2 fully saturated rings. The van der Waals surface area contributed by atoms with Crippen LogP contribution in [0.4, 0.5) is 5.82 Å². The number of hydrogen-bond acceptors (Lipinski definition) is 4. The molecule has 35 heavy (non-hydrogen) atoms. The number of rotatable bonds is 6. The SMILES string of the molecule is Cc1c(C#N)c(NC(=O)CN2CCC(C(=O)N3CCCCCC3)CC2)n(Cc2ccccc2)c1C. The lowest BCUT2D eigenvalue weighted by atomic mass is 9.95.